The van der Waals surface area contributed by atoms with E-state index in [0.29, 0.717) is 12.8 Å². The molecule has 1 aromatic rings. The number of nitrogens with zero attached hydrogens (tertiary/aromatic N) is 1. The molecule has 0 saturated carbocycles. The molecular formula is C17H23NO3. The number of likely N-dealkylation sites (tertiary alicyclic amines) is 1. The van der Waals surface area contributed by atoms with E-state index in [4.69, 9.17) is 0 Å². The van der Waals surface area contributed by atoms with Crippen molar-refractivity contribution in [3.63, 3.8) is 0 Å². The van der Waals surface area contributed by atoms with Gasteiger partial charge >= 0.3 is 5.97 Å². The molecule has 1 N–H and O–H groups in total. The summed E-state index contributed by atoms with van der Waals surface area (Å²) < 4.78 is 0. The number of benzene rings is 1. The molecule has 4 heteroatoms. The van der Waals surface area contributed by atoms with E-state index in [1.807, 2.05) is 45.9 Å². The molecule has 1 aliphatic rings. The van der Waals surface area contributed by atoms with Gasteiger partial charge in [0.2, 0.25) is 5.91 Å². The van der Waals surface area contributed by atoms with Gasteiger partial charge in [-0.15, -0.1) is 0 Å². The van der Waals surface area contributed by atoms with E-state index in [2.05, 4.69) is 0 Å². The summed E-state index contributed by atoms with van der Waals surface area (Å²) in [5.41, 5.74) is 3.09. The third-order valence-corrected chi connectivity index (χ3v) is 4.35. The monoisotopic (exact) mass is 289 g/mol. The lowest BCUT2D eigenvalue weighted by Gasteiger charge is -2.43. The Balaban J connectivity index is 2.60. The smallest absolute Gasteiger partial charge is 0.308 e. The molecule has 2 rings (SSSR count). The topological polar surface area (TPSA) is 57.6 Å². The van der Waals surface area contributed by atoms with Gasteiger partial charge in [0, 0.05) is 12.5 Å². The van der Waals surface area contributed by atoms with E-state index in [1.54, 1.807) is 4.90 Å². The summed E-state index contributed by atoms with van der Waals surface area (Å²) in [4.78, 5) is 25.8. The van der Waals surface area contributed by atoms with E-state index in [0.717, 1.165) is 16.7 Å². The average Bonchev–Trinajstić information content (AvgIpc) is 2.37. The van der Waals surface area contributed by atoms with Crippen LogP contribution in [0.5, 0.6) is 0 Å². The molecule has 1 saturated heterocycles. The Hall–Kier alpha value is -1.84. The first kappa shape index (κ1) is 15.5. The molecule has 0 bridgehead atoms. The third kappa shape index (κ3) is 2.80. The predicted molar refractivity (Wildman–Crippen MR) is 81.0 cm³/mol. The van der Waals surface area contributed by atoms with E-state index in [-0.39, 0.29) is 18.0 Å². The molecule has 4 nitrogen and oxygen atoms in total. The maximum Gasteiger partial charge on any atom is 0.308 e. The maximum absolute atomic E-state index is 12.3. The van der Waals surface area contributed by atoms with Crippen LogP contribution in [-0.2, 0) is 9.59 Å². The van der Waals surface area contributed by atoms with Crippen LogP contribution in [0.4, 0.5) is 0 Å². The summed E-state index contributed by atoms with van der Waals surface area (Å²) in [6, 6.07) is 5.56. The third-order valence-electron chi connectivity index (χ3n) is 4.35. The van der Waals surface area contributed by atoms with Crippen LogP contribution in [0.1, 0.15) is 49.4 Å². The number of carboxylic acids is 1. The molecule has 1 fully saturated rings. The number of hydrogen-bond donors (Lipinski definition) is 1. The molecule has 0 spiro atoms. The van der Waals surface area contributed by atoms with Crippen LogP contribution in [-0.4, -0.2) is 27.9 Å². The Bertz CT molecular complexity index is 545. The van der Waals surface area contributed by atoms with E-state index < -0.39 is 11.9 Å². The molecule has 2 atom stereocenters. The molecule has 2 unspecified atom stereocenters. The first-order valence-corrected chi connectivity index (χ1v) is 7.44. The Morgan fingerprint density at radius 1 is 1.29 bits per heavy atom. The lowest BCUT2D eigenvalue weighted by atomic mass is 9.80. The number of carbonyl (C=O) groups excluding carboxylic acids is 1. The predicted octanol–water partition coefficient (Wildman–Crippen LogP) is 3.08. The van der Waals surface area contributed by atoms with Crippen molar-refractivity contribution in [1.29, 1.82) is 0 Å². The second-order valence-corrected chi connectivity index (χ2v) is 6.13. The number of rotatable bonds is 3. The van der Waals surface area contributed by atoms with Crippen LogP contribution in [0.2, 0.25) is 0 Å². The molecule has 114 valence electrons. The Kier molecular flexibility index (Phi) is 4.35. The van der Waals surface area contributed by atoms with Crippen molar-refractivity contribution in [1.82, 2.24) is 4.90 Å². The number of carbonyl (C=O) groups is 2. The van der Waals surface area contributed by atoms with Crippen LogP contribution >= 0.6 is 0 Å². The number of carboxylic acid groups (broad SMARTS) is 1. The van der Waals surface area contributed by atoms with Gasteiger partial charge in [0.15, 0.2) is 0 Å². The highest BCUT2D eigenvalue weighted by atomic mass is 16.4. The van der Waals surface area contributed by atoms with Crippen molar-refractivity contribution >= 4 is 11.9 Å². The van der Waals surface area contributed by atoms with Gasteiger partial charge in [0.1, 0.15) is 0 Å². The van der Waals surface area contributed by atoms with E-state index >= 15 is 0 Å². The molecule has 1 amide bonds. The van der Waals surface area contributed by atoms with Gasteiger partial charge in [-0.25, -0.2) is 0 Å². The van der Waals surface area contributed by atoms with Crippen molar-refractivity contribution in [2.45, 2.75) is 52.6 Å². The number of aryl methyl sites for hydroxylation is 2. The second-order valence-electron chi connectivity index (χ2n) is 6.13. The van der Waals surface area contributed by atoms with Crippen LogP contribution in [0, 0.1) is 19.8 Å². The standard InChI is InChI=1S/C17H23NO3/c1-10(2)18-14(19)9-8-13(17(20)21)16(18)15-11(3)6-5-7-12(15)4/h5-7,10,13,16H,8-9H2,1-4H3,(H,20,21). The van der Waals surface area contributed by atoms with Gasteiger partial charge in [-0.2, -0.15) is 0 Å². The fourth-order valence-corrected chi connectivity index (χ4v) is 3.42. The van der Waals surface area contributed by atoms with Gasteiger partial charge in [0.05, 0.1) is 12.0 Å². The Labute approximate surface area is 125 Å². The molecule has 21 heavy (non-hydrogen) atoms. The zero-order valence-corrected chi connectivity index (χ0v) is 13.1. The van der Waals surface area contributed by atoms with Crippen LogP contribution in [0.3, 0.4) is 0 Å². The second kappa shape index (κ2) is 5.88. The minimum Gasteiger partial charge on any atom is -0.481 e. The van der Waals surface area contributed by atoms with Crippen molar-refractivity contribution in [2.75, 3.05) is 0 Å². The molecule has 0 aromatic heterocycles. The number of aliphatic carboxylic acids is 1. The molecule has 1 aromatic carbocycles. The van der Waals surface area contributed by atoms with Gasteiger partial charge in [0.25, 0.3) is 0 Å². The van der Waals surface area contributed by atoms with Crippen LogP contribution in [0.25, 0.3) is 0 Å². The molecular weight excluding hydrogens is 266 g/mol. The maximum atomic E-state index is 12.3. The minimum absolute atomic E-state index is 0.0105. The van der Waals surface area contributed by atoms with Gasteiger partial charge < -0.3 is 10.0 Å². The summed E-state index contributed by atoms with van der Waals surface area (Å²) in [6.45, 7) is 7.86. The quantitative estimate of drug-likeness (QED) is 0.930. The minimum atomic E-state index is -0.819. The molecule has 1 aliphatic heterocycles. The summed E-state index contributed by atoms with van der Waals surface area (Å²) in [7, 11) is 0. The molecule has 1 heterocycles. The number of piperidine rings is 1. The largest absolute Gasteiger partial charge is 0.481 e. The zero-order valence-electron chi connectivity index (χ0n) is 13.1. The SMILES string of the molecule is Cc1cccc(C)c1C1C(C(=O)O)CCC(=O)N1C(C)C. The van der Waals surface area contributed by atoms with Gasteiger partial charge in [-0.3, -0.25) is 9.59 Å². The normalized spacial score (nSPS) is 22.7. The summed E-state index contributed by atoms with van der Waals surface area (Å²) in [5.74, 6) is -1.30. The van der Waals surface area contributed by atoms with Gasteiger partial charge in [-0.05, 0) is 50.8 Å². The molecule has 0 aliphatic carbocycles. The fraction of sp³-hybridized carbons (Fsp3) is 0.529. The highest BCUT2D eigenvalue weighted by Gasteiger charge is 2.42. The summed E-state index contributed by atoms with van der Waals surface area (Å²) in [6.07, 6.45) is 0.729. The summed E-state index contributed by atoms with van der Waals surface area (Å²) in [5, 5.41) is 9.60. The van der Waals surface area contributed by atoms with Gasteiger partial charge in [-0.1, -0.05) is 18.2 Å². The lowest BCUT2D eigenvalue weighted by molar-refractivity contribution is -0.153. The number of amides is 1. The van der Waals surface area contributed by atoms with Crippen molar-refractivity contribution < 1.29 is 14.7 Å². The zero-order chi connectivity index (χ0) is 15.7. The fourth-order valence-electron chi connectivity index (χ4n) is 3.42. The van der Waals surface area contributed by atoms with Crippen molar-refractivity contribution in [3.05, 3.63) is 34.9 Å². The Morgan fingerprint density at radius 2 is 1.86 bits per heavy atom. The first-order valence-electron chi connectivity index (χ1n) is 7.44. The highest BCUT2D eigenvalue weighted by molar-refractivity contribution is 5.82. The van der Waals surface area contributed by atoms with Crippen molar-refractivity contribution in [3.8, 4) is 0 Å². The van der Waals surface area contributed by atoms with Crippen molar-refractivity contribution in [2.24, 2.45) is 5.92 Å². The first-order chi connectivity index (χ1) is 9.84. The van der Waals surface area contributed by atoms with Crippen LogP contribution < -0.4 is 0 Å². The number of hydrogen-bond acceptors (Lipinski definition) is 2. The Morgan fingerprint density at radius 3 is 2.33 bits per heavy atom. The van der Waals surface area contributed by atoms with E-state index in [9.17, 15) is 14.7 Å². The van der Waals surface area contributed by atoms with Crippen LogP contribution in [0.15, 0.2) is 18.2 Å². The highest BCUT2D eigenvalue weighted by Crippen LogP contribution is 2.40. The van der Waals surface area contributed by atoms with E-state index in [1.165, 1.54) is 0 Å². The lowest BCUT2D eigenvalue weighted by Crippen LogP contribution is -2.49. The summed E-state index contributed by atoms with van der Waals surface area (Å²) >= 11 is 0. The average molecular weight is 289 g/mol. The molecule has 0 radical (unpaired) electrons.